The summed E-state index contributed by atoms with van der Waals surface area (Å²) in [5, 5.41) is 10.0. The van der Waals surface area contributed by atoms with Crippen LogP contribution in [0.15, 0.2) is 23.8 Å². The molecule has 0 aliphatic heterocycles. The second-order valence-corrected chi connectivity index (χ2v) is 4.81. The predicted molar refractivity (Wildman–Crippen MR) is 56.5 cm³/mol. The van der Waals surface area contributed by atoms with Crippen LogP contribution in [0.3, 0.4) is 0 Å². The molecule has 0 saturated heterocycles. The van der Waals surface area contributed by atoms with Crippen LogP contribution in [0.1, 0.15) is 34.1 Å². The smallest absolute Gasteiger partial charge is 0.0804 e. The highest BCUT2D eigenvalue weighted by atomic mass is 16.3. The van der Waals surface area contributed by atoms with Crippen molar-refractivity contribution in [3.63, 3.8) is 0 Å². The van der Waals surface area contributed by atoms with E-state index in [-0.39, 0.29) is 11.5 Å². The van der Waals surface area contributed by atoms with Gasteiger partial charge in [-0.1, -0.05) is 32.1 Å². The molecule has 1 nitrogen and oxygen atoms in total. The van der Waals surface area contributed by atoms with Crippen LogP contribution in [-0.4, -0.2) is 11.2 Å². The minimum Gasteiger partial charge on any atom is -0.388 e. The normalized spacial score (nSPS) is 32.5. The Labute approximate surface area is 81.2 Å². The van der Waals surface area contributed by atoms with Crippen LogP contribution in [-0.2, 0) is 0 Å². The first kappa shape index (κ1) is 10.5. The molecule has 0 spiro atoms. The van der Waals surface area contributed by atoms with Gasteiger partial charge in [0.2, 0.25) is 0 Å². The van der Waals surface area contributed by atoms with Crippen LogP contribution in [0.4, 0.5) is 0 Å². The van der Waals surface area contributed by atoms with Crippen molar-refractivity contribution < 1.29 is 5.11 Å². The van der Waals surface area contributed by atoms with Crippen molar-refractivity contribution in [1.29, 1.82) is 0 Å². The summed E-state index contributed by atoms with van der Waals surface area (Å²) < 4.78 is 0. The maximum absolute atomic E-state index is 10.0. The Hall–Kier alpha value is -0.560. The fourth-order valence-corrected chi connectivity index (χ4v) is 2.33. The molecule has 1 aliphatic rings. The largest absolute Gasteiger partial charge is 0.388 e. The average Bonchev–Trinajstić information content (AvgIpc) is 1.99. The molecule has 0 aromatic rings. The number of hydrogen-bond acceptors (Lipinski definition) is 1. The lowest BCUT2D eigenvalue weighted by Gasteiger charge is -2.42. The van der Waals surface area contributed by atoms with Gasteiger partial charge in [-0.3, -0.25) is 0 Å². The summed E-state index contributed by atoms with van der Waals surface area (Å²) >= 11 is 0. The van der Waals surface area contributed by atoms with Gasteiger partial charge in [-0.05, 0) is 31.8 Å². The van der Waals surface area contributed by atoms with E-state index in [0.29, 0.717) is 5.92 Å². The lowest BCUT2D eigenvalue weighted by atomic mass is 9.65. The summed E-state index contributed by atoms with van der Waals surface area (Å²) in [5.74, 6) is 0.409. The fraction of sp³-hybridized carbons (Fsp3) is 0.667. The van der Waals surface area contributed by atoms with E-state index in [2.05, 4.69) is 26.5 Å². The topological polar surface area (TPSA) is 20.2 Å². The van der Waals surface area contributed by atoms with E-state index in [4.69, 9.17) is 0 Å². The second kappa shape index (κ2) is 3.30. The third kappa shape index (κ3) is 1.71. The van der Waals surface area contributed by atoms with E-state index in [1.54, 1.807) is 0 Å². The zero-order chi connectivity index (χ0) is 10.2. The Bertz CT molecular complexity index is 248. The molecule has 0 aromatic heterocycles. The monoisotopic (exact) mass is 180 g/mol. The summed E-state index contributed by atoms with van der Waals surface area (Å²) in [6.07, 6.45) is 2.84. The molecule has 74 valence electrons. The fourth-order valence-electron chi connectivity index (χ4n) is 2.33. The molecule has 13 heavy (non-hydrogen) atoms. The molecule has 0 bridgehead atoms. The Kier molecular flexibility index (Phi) is 2.67. The Morgan fingerprint density at radius 1 is 1.62 bits per heavy atom. The zero-order valence-corrected chi connectivity index (χ0v) is 9.09. The van der Waals surface area contributed by atoms with Gasteiger partial charge >= 0.3 is 0 Å². The molecular formula is C12H20O. The van der Waals surface area contributed by atoms with Crippen molar-refractivity contribution in [3.8, 4) is 0 Å². The molecule has 0 heterocycles. The highest BCUT2D eigenvalue weighted by Gasteiger charge is 2.39. The molecular weight excluding hydrogens is 160 g/mol. The molecule has 1 N–H and O–H groups in total. The lowest BCUT2D eigenvalue weighted by Crippen LogP contribution is -2.40. The van der Waals surface area contributed by atoms with Crippen LogP contribution in [0.2, 0.25) is 0 Å². The van der Waals surface area contributed by atoms with Crippen LogP contribution >= 0.6 is 0 Å². The molecule has 0 saturated carbocycles. The first-order valence-corrected chi connectivity index (χ1v) is 4.87. The first-order chi connectivity index (χ1) is 5.87. The number of hydrogen-bond donors (Lipinski definition) is 1. The standard InChI is InChI=1S/C12H20O/c1-8(2)10-7-6-9(3)11(13)12(10,4)5/h6,10-11,13H,1,7H2,2-5H3. The van der Waals surface area contributed by atoms with Crippen LogP contribution in [0, 0.1) is 11.3 Å². The van der Waals surface area contributed by atoms with Gasteiger partial charge in [0.05, 0.1) is 6.10 Å². The minimum atomic E-state index is -0.317. The predicted octanol–water partition coefficient (Wildman–Crippen LogP) is 2.92. The van der Waals surface area contributed by atoms with E-state index in [1.807, 2.05) is 13.8 Å². The molecule has 0 fully saturated rings. The highest BCUT2D eigenvalue weighted by Crippen LogP contribution is 2.43. The summed E-state index contributed by atoms with van der Waals surface area (Å²) in [7, 11) is 0. The summed E-state index contributed by atoms with van der Waals surface area (Å²) in [4.78, 5) is 0. The summed E-state index contributed by atoms with van der Waals surface area (Å²) in [6, 6.07) is 0. The Morgan fingerprint density at radius 2 is 2.15 bits per heavy atom. The van der Waals surface area contributed by atoms with Crippen molar-refractivity contribution in [2.75, 3.05) is 0 Å². The molecule has 0 amide bonds. The SMILES string of the molecule is C=C(C)C1CC=C(C)C(O)C1(C)C. The molecule has 0 aromatic carbocycles. The maximum Gasteiger partial charge on any atom is 0.0804 e. The number of aliphatic hydroxyl groups is 1. The van der Waals surface area contributed by atoms with Gasteiger partial charge in [0, 0.05) is 5.41 Å². The molecule has 1 heteroatoms. The van der Waals surface area contributed by atoms with Gasteiger partial charge in [-0.25, -0.2) is 0 Å². The third-order valence-corrected chi connectivity index (χ3v) is 3.30. The Balaban J connectivity index is 2.99. The highest BCUT2D eigenvalue weighted by molar-refractivity contribution is 5.20. The van der Waals surface area contributed by atoms with Gasteiger partial charge < -0.3 is 5.11 Å². The quantitative estimate of drug-likeness (QED) is 0.615. The maximum atomic E-state index is 10.0. The molecule has 2 atom stereocenters. The third-order valence-electron chi connectivity index (χ3n) is 3.30. The van der Waals surface area contributed by atoms with Gasteiger partial charge in [-0.2, -0.15) is 0 Å². The molecule has 2 unspecified atom stereocenters. The van der Waals surface area contributed by atoms with Crippen molar-refractivity contribution in [2.45, 2.75) is 40.2 Å². The number of allylic oxidation sites excluding steroid dienone is 2. The molecule has 0 radical (unpaired) electrons. The van der Waals surface area contributed by atoms with Crippen molar-refractivity contribution in [2.24, 2.45) is 11.3 Å². The minimum absolute atomic E-state index is 0.0648. The van der Waals surface area contributed by atoms with E-state index in [1.165, 1.54) is 5.57 Å². The van der Waals surface area contributed by atoms with Gasteiger partial charge in [0.25, 0.3) is 0 Å². The second-order valence-electron chi connectivity index (χ2n) is 4.81. The summed E-state index contributed by atoms with van der Waals surface area (Å²) in [5.41, 5.74) is 2.21. The van der Waals surface area contributed by atoms with Gasteiger partial charge in [0.15, 0.2) is 0 Å². The van der Waals surface area contributed by atoms with E-state index in [9.17, 15) is 5.11 Å². The average molecular weight is 180 g/mol. The lowest BCUT2D eigenvalue weighted by molar-refractivity contribution is 0.0362. The van der Waals surface area contributed by atoms with Crippen LogP contribution in [0.25, 0.3) is 0 Å². The number of aliphatic hydroxyl groups excluding tert-OH is 1. The van der Waals surface area contributed by atoms with Crippen LogP contribution in [0.5, 0.6) is 0 Å². The molecule has 1 aliphatic carbocycles. The van der Waals surface area contributed by atoms with Crippen molar-refractivity contribution in [1.82, 2.24) is 0 Å². The van der Waals surface area contributed by atoms with Crippen molar-refractivity contribution in [3.05, 3.63) is 23.8 Å². The Morgan fingerprint density at radius 3 is 2.62 bits per heavy atom. The first-order valence-electron chi connectivity index (χ1n) is 4.87. The van der Waals surface area contributed by atoms with E-state index in [0.717, 1.165) is 12.0 Å². The molecule has 1 rings (SSSR count). The number of rotatable bonds is 1. The van der Waals surface area contributed by atoms with Gasteiger partial charge in [0.1, 0.15) is 0 Å². The van der Waals surface area contributed by atoms with E-state index < -0.39 is 0 Å². The zero-order valence-electron chi connectivity index (χ0n) is 9.09. The van der Waals surface area contributed by atoms with Crippen LogP contribution < -0.4 is 0 Å². The van der Waals surface area contributed by atoms with Gasteiger partial charge in [-0.15, -0.1) is 0 Å². The summed E-state index contributed by atoms with van der Waals surface area (Å²) in [6.45, 7) is 12.3. The van der Waals surface area contributed by atoms with Crippen molar-refractivity contribution >= 4 is 0 Å². The van der Waals surface area contributed by atoms with E-state index >= 15 is 0 Å².